The third-order valence-corrected chi connectivity index (χ3v) is 4.79. The minimum atomic E-state index is 0.359. The first kappa shape index (κ1) is 11.4. The van der Waals surface area contributed by atoms with E-state index in [0.717, 1.165) is 16.3 Å². The molecule has 0 aliphatic heterocycles. The zero-order chi connectivity index (χ0) is 10.9. The molecule has 0 radical (unpaired) electrons. The topological polar surface area (TPSA) is 28.2 Å². The van der Waals surface area contributed by atoms with Crippen LogP contribution in [0.2, 0.25) is 0 Å². The predicted molar refractivity (Wildman–Crippen MR) is 68.6 cm³/mol. The summed E-state index contributed by atoms with van der Waals surface area (Å²) in [5, 5.41) is 6.44. The molecule has 0 saturated heterocycles. The molecule has 1 aromatic rings. The quantitative estimate of drug-likeness (QED) is 0.924. The van der Waals surface area contributed by atoms with Crippen LogP contribution in [0.15, 0.2) is 9.98 Å². The molecule has 1 aliphatic carbocycles. The van der Waals surface area contributed by atoms with Crippen molar-refractivity contribution in [2.24, 2.45) is 0 Å². The smallest absolute Gasteiger partial charge is 0.183 e. The first-order chi connectivity index (χ1) is 7.12. The molecule has 84 valence electrons. The van der Waals surface area contributed by atoms with Gasteiger partial charge in [0.05, 0.1) is 0 Å². The Morgan fingerprint density at radius 2 is 2.33 bits per heavy atom. The van der Waals surface area contributed by atoms with Crippen LogP contribution < -0.4 is 5.32 Å². The second-order valence-corrected chi connectivity index (χ2v) is 5.97. The Balaban J connectivity index is 1.92. The monoisotopic (exact) mass is 289 g/mol. The lowest BCUT2D eigenvalue weighted by atomic mass is 9.75. The first-order valence-electron chi connectivity index (χ1n) is 5.15. The molecule has 1 aliphatic rings. The highest BCUT2D eigenvalue weighted by atomic mass is 79.9. The summed E-state index contributed by atoms with van der Waals surface area (Å²) in [7, 11) is 4.33. The van der Waals surface area contributed by atoms with Gasteiger partial charge in [0.2, 0.25) is 0 Å². The summed E-state index contributed by atoms with van der Waals surface area (Å²) in [6, 6.07) is 0. The van der Waals surface area contributed by atoms with Crippen molar-refractivity contribution in [1.29, 1.82) is 0 Å². The zero-order valence-corrected chi connectivity index (χ0v) is 11.5. The van der Waals surface area contributed by atoms with Crippen LogP contribution in [0.4, 0.5) is 5.13 Å². The molecule has 1 saturated carbocycles. The molecule has 15 heavy (non-hydrogen) atoms. The number of hydrogen-bond donors (Lipinski definition) is 1. The highest BCUT2D eigenvalue weighted by Gasteiger charge is 2.38. The van der Waals surface area contributed by atoms with Gasteiger partial charge < -0.3 is 10.2 Å². The molecule has 0 aromatic carbocycles. The maximum Gasteiger partial charge on any atom is 0.183 e. The molecule has 3 nitrogen and oxygen atoms in total. The van der Waals surface area contributed by atoms with Crippen LogP contribution in [0.5, 0.6) is 0 Å². The van der Waals surface area contributed by atoms with Crippen LogP contribution in [0.25, 0.3) is 0 Å². The van der Waals surface area contributed by atoms with Gasteiger partial charge in [0.1, 0.15) is 4.60 Å². The van der Waals surface area contributed by atoms with Gasteiger partial charge >= 0.3 is 0 Å². The van der Waals surface area contributed by atoms with E-state index < -0.39 is 0 Å². The fourth-order valence-electron chi connectivity index (χ4n) is 1.94. The van der Waals surface area contributed by atoms with Crippen molar-refractivity contribution in [3.05, 3.63) is 9.98 Å². The number of rotatable bonds is 4. The number of nitrogens with zero attached hydrogens (tertiary/aromatic N) is 2. The van der Waals surface area contributed by atoms with E-state index in [4.69, 9.17) is 0 Å². The van der Waals surface area contributed by atoms with Crippen molar-refractivity contribution >= 4 is 32.4 Å². The van der Waals surface area contributed by atoms with Gasteiger partial charge in [0, 0.05) is 17.5 Å². The fraction of sp³-hybridized carbons (Fsp3) is 0.700. The van der Waals surface area contributed by atoms with E-state index in [-0.39, 0.29) is 0 Å². The van der Waals surface area contributed by atoms with E-state index in [1.165, 1.54) is 19.3 Å². The van der Waals surface area contributed by atoms with Gasteiger partial charge in [0.25, 0.3) is 0 Å². The van der Waals surface area contributed by atoms with Crippen LogP contribution >= 0.6 is 27.3 Å². The Morgan fingerprint density at radius 1 is 1.60 bits per heavy atom. The summed E-state index contributed by atoms with van der Waals surface area (Å²) in [4.78, 5) is 6.68. The van der Waals surface area contributed by atoms with Crippen molar-refractivity contribution in [3.63, 3.8) is 0 Å². The fourth-order valence-corrected chi connectivity index (χ4v) is 3.09. The first-order valence-corrected chi connectivity index (χ1v) is 6.82. The zero-order valence-electron chi connectivity index (χ0n) is 9.09. The van der Waals surface area contributed by atoms with E-state index >= 15 is 0 Å². The second kappa shape index (κ2) is 4.39. The van der Waals surface area contributed by atoms with Crippen molar-refractivity contribution in [2.45, 2.75) is 24.8 Å². The normalized spacial score (nSPS) is 18.9. The highest BCUT2D eigenvalue weighted by Crippen LogP contribution is 2.36. The predicted octanol–water partition coefficient (Wildman–Crippen LogP) is 2.80. The van der Waals surface area contributed by atoms with Crippen molar-refractivity contribution < 1.29 is 0 Å². The number of likely N-dealkylation sites (N-methyl/N-ethyl adjacent to an activating group) is 1. The van der Waals surface area contributed by atoms with E-state index in [1.807, 2.05) is 5.38 Å². The van der Waals surface area contributed by atoms with Crippen LogP contribution in [0.3, 0.4) is 0 Å². The van der Waals surface area contributed by atoms with E-state index in [0.29, 0.717) is 5.54 Å². The minimum absolute atomic E-state index is 0.359. The molecule has 0 spiro atoms. The third-order valence-electron chi connectivity index (χ3n) is 3.28. The van der Waals surface area contributed by atoms with Gasteiger partial charge in [-0.05, 0) is 49.3 Å². The third kappa shape index (κ3) is 2.34. The molecule has 1 heterocycles. The summed E-state index contributed by atoms with van der Waals surface area (Å²) >= 11 is 5.01. The van der Waals surface area contributed by atoms with Gasteiger partial charge in [-0.15, -0.1) is 11.3 Å². The van der Waals surface area contributed by atoms with Gasteiger partial charge in [-0.25, -0.2) is 4.98 Å². The number of anilines is 1. The Kier molecular flexibility index (Phi) is 3.33. The van der Waals surface area contributed by atoms with Crippen LogP contribution in [-0.4, -0.2) is 36.1 Å². The average molecular weight is 290 g/mol. The molecule has 1 fully saturated rings. The Labute approximate surface area is 103 Å². The molecule has 1 N–H and O–H groups in total. The molecular weight excluding hydrogens is 274 g/mol. The summed E-state index contributed by atoms with van der Waals surface area (Å²) in [6.07, 6.45) is 3.93. The second-order valence-electron chi connectivity index (χ2n) is 4.30. The molecule has 0 unspecified atom stereocenters. The SMILES string of the molecule is CN(C)C1(CNc2nc(Br)cs2)CCC1. The van der Waals surface area contributed by atoms with Crippen molar-refractivity contribution in [2.75, 3.05) is 26.0 Å². The lowest BCUT2D eigenvalue weighted by molar-refractivity contribution is 0.0739. The van der Waals surface area contributed by atoms with E-state index in [1.54, 1.807) is 11.3 Å². The number of hydrogen-bond acceptors (Lipinski definition) is 4. The number of aromatic nitrogens is 1. The summed E-state index contributed by atoms with van der Waals surface area (Å²) < 4.78 is 0.919. The van der Waals surface area contributed by atoms with Gasteiger partial charge in [0.15, 0.2) is 5.13 Å². The highest BCUT2D eigenvalue weighted by molar-refractivity contribution is 9.10. The van der Waals surface area contributed by atoms with Crippen LogP contribution in [0, 0.1) is 0 Å². The number of halogens is 1. The molecule has 2 rings (SSSR count). The van der Waals surface area contributed by atoms with E-state index in [2.05, 4.69) is 45.2 Å². The molecule has 0 bridgehead atoms. The lowest BCUT2D eigenvalue weighted by Gasteiger charge is -2.47. The Bertz CT molecular complexity index is 333. The maximum absolute atomic E-state index is 4.34. The molecule has 1 aromatic heterocycles. The molecular formula is C10H16BrN3S. The van der Waals surface area contributed by atoms with Gasteiger partial charge in [-0.3, -0.25) is 0 Å². The average Bonchev–Trinajstić information content (AvgIpc) is 2.49. The summed E-state index contributed by atoms with van der Waals surface area (Å²) in [5.41, 5.74) is 0.359. The molecule has 0 amide bonds. The van der Waals surface area contributed by atoms with E-state index in [9.17, 15) is 0 Å². The summed E-state index contributed by atoms with van der Waals surface area (Å²) in [5.74, 6) is 0. The molecule has 0 atom stereocenters. The Hall–Kier alpha value is -0.130. The largest absolute Gasteiger partial charge is 0.360 e. The maximum atomic E-state index is 4.34. The van der Waals surface area contributed by atoms with Gasteiger partial charge in [-0.2, -0.15) is 0 Å². The van der Waals surface area contributed by atoms with Gasteiger partial charge in [-0.1, -0.05) is 0 Å². The minimum Gasteiger partial charge on any atom is -0.360 e. The van der Waals surface area contributed by atoms with Crippen LogP contribution in [-0.2, 0) is 0 Å². The summed E-state index contributed by atoms with van der Waals surface area (Å²) in [6.45, 7) is 1.000. The van der Waals surface area contributed by atoms with Crippen molar-refractivity contribution in [3.8, 4) is 0 Å². The molecule has 5 heteroatoms. The number of nitrogens with one attached hydrogen (secondary N) is 1. The number of thiazole rings is 1. The van der Waals surface area contributed by atoms with Crippen molar-refractivity contribution in [1.82, 2.24) is 9.88 Å². The lowest BCUT2D eigenvalue weighted by Crippen LogP contribution is -2.54. The van der Waals surface area contributed by atoms with Crippen LogP contribution in [0.1, 0.15) is 19.3 Å². The Morgan fingerprint density at radius 3 is 2.73 bits per heavy atom. The standard InChI is InChI=1S/C10H16BrN3S/c1-14(2)10(4-3-5-10)7-12-9-13-8(11)6-15-9/h6H,3-5,7H2,1-2H3,(H,12,13).